The highest BCUT2D eigenvalue weighted by molar-refractivity contribution is 7.84. The van der Waals surface area contributed by atoms with Gasteiger partial charge in [0.2, 0.25) is 5.16 Å². The molecule has 0 amide bonds. The van der Waals surface area contributed by atoms with E-state index in [9.17, 15) is 4.21 Å². The van der Waals surface area contributed by atoms with Crippen molar-refractivity contribution >= 4 is 27.7 Å². The minimum absolute atomic E-state index is 0.405. The Bertz CT molecular complexity index is 909. The van der Waals surface area contributed by atoms with Gasteiger partial charge >= 0.3 is 0 Å². The van der Waals surface area contributed by atoms with Crippen LogP contribution in [-0.4, -0.2) is 34.5 Å². The normalized spacial score (nSPS) is 12.5. The van der Waals surface area contributed by atoms with Crippen molar-refractivity contribution in [1.29, 1.82) is 0 Å². The van der Waals surface area contributed by atoms with Crippen LogP contribution in [0.1, 0.15) is 37.6 Å². The SMILES string of the molecule is CCCc1nc2c(N)ncc(C)c2n1CCCCS(=O)c1ncccn1. The number of aromatic nitrogens is 5. The van der Waals surface area contributed by atoms with Crippen LogP contribution in [0.25, 0.3) is 11.0 Å². The number of hydrogen-bond acceptors (Lipinski definition) is 6. The lowest BCUT2D eigenvalue weighted by atomic mass is 10.2. The van der Waals surface area contributed by atoms with E-state index in [0.717, 1.165) is 54.6 Å². The number of hydrogen-bond donors (Lipinski definition) is 1. The highest BCUT2D eigenvalue weighted by Gasteiger charge is 2.15. The van der Waals surface area contributed by atoms with E-state index in [1.807, 2.05) is 6.92 Å². The van der Waals surface area contributed by atoms with Gasteiger partial charge in [0, 0.05) is 37.3 Å². The van der Waals surface area contributed by atoms with Gasteiger partial charge in [-0.05, 0) is 37.8 Å². The van der Waals surface area contributed by atoms with E-state index in [1.165, 1.54) is 0 Å². The van der Waals surface area contributed by atoms with Gasteiger partial charge in [-0.1, -0.05) is 6.92 Å². The molecule has 3 aromatic rings. The maximum absolute atomic E-state index is 12.2. The number of aryl methyl sites for hydroxylation is 3. The molecule has 0 saturated heterocycles. The summed E-state index contributed by atoms with van der Waals surface area (Å²) in [5.41, 5.74) is 8.95. The van der Waals surface area contributed by atoms with Gasteiger partial charge in [0.1, 0.15) is 11.3 Å². The van der Waals surface area contributed by atoms with Crippen LogP contribution in [-0.2, 0) is 23.8 Å². The first-order valence-electron chi connectivity index (χ1n) is 8.87. The minimum atomic E-state index is -1.15. The number of pyridine rings is 1. The van der Waals surface area contributed by atoms with Gasteiger partial charge in [-0.15, -0.1) is 0 Å². The second-order valence-corrected chi connectivity index (χ2v) is 7.71. The molecular formula is C18H24N6OS. The quantitative estimate of drug-likeness (QED) is 0.482. The predicted octanol–water partition coefficient (Wildman–Crippen LogP) is 2.65. The molecule has 138 valence electrons. The van der Waals surface area contributed by atoms with Crippen molar-refractivity contribution in [2.45, 2.75) is 51.2 Å². The Balaban J connectivity index is 1.71. The molecule has 0 aliphatic rings. The van der Waals surface area contributed by atoms with Crippen molar-refractivity contribution < 1.29 is 4.21 Å². The zero-order chi connectivity index (χ0) is 18.5. The van der Waals surface area contributed by atoms with Gasteiger partial charge in [-0.2, -0.15) is 0 Å². The highest BCUT2D eigenvalue weighted by Crippen LogP contribution is 2.24. The number of anilines is 1. The lowest BCUT2D eigenvalue weighted by Gasteiger charge is -2.10. The molecule has 0 fully saturated rings. The molecule has 7 nitrogen and oxygen atoms in total. The molecule has 1 atom stereocenters. The van der Waals surface area contributed by atoms with Crippen molar-refractivity contribution in [3.8, 4) is 0 Å². The van der Waals surface area contributed by atoms with E-state index in [1.54, 1.807) is 24.7 Å². The number of unbranched alkanes of at least 4 members (excludes halogenated alkanes) is 1. The van der Waals surface area contributed by atoms with Crippen LogP contribution in [0.15, 0.2) is 29.8 Å². The Morgan fingerprint density at radius 2 is 1.96 bits per heavy atom. The van der Waals surface area contributed by atoms with Crippen LogP contribution < -0.4 is 5.73 Å². The summed E-state index contributed by atoms with van der Waals surface area (Å²) in [6.07, 6.45) is 8.69. The molecule has 0 saturated carbocycles. The summed E-state index contributed by atoms with van der Waals surface area (Å²) in [6.45, 7) is 4.99. The molecule has 0 aliphatic carbocycles. The monoisotopic (exact) mass is 372 g/mol. The summed E-state index contributed by atoms with van der Waals surface area (Å²) in [5, 5.41) is 0.405. The third-order valence-electron chi connectivity index (χ3n) is 4.24. The largest absolute Gasteiger partial charge is 0.382 e. The topological polar surface area (TPSA) is 99.6 Å². The first-order chi connectivity index (χ1) is 12.6. The predicted molar refractivity (Wildman–Crippen MR) is 103 cm³/mol. The zero-order valence-corrected chi connectivity index (χ0v) is 16.0. The van der Waals surface area contributed by atoms with Gasteiger partial charge in [0.25, 0.3) is 0 Å². The second kappa shape index (κ2) is 8.35. The van der Waals surface area contributed by atoms with Crippen molar-refractivity contribution in [3.63, 3.8) is 0 Å². The Morgan fingerprint density at radius 3 is 2.69 bits per heavy atom. The minimum Gasteiger partial charge on any atom is -0.382 e. The number of rotatable bonds is 8. The summed E-state index contributed by atoms with van der Waals surface area (Å²) in [6, 6.07) is 1.73. The lowest BCUT2D eigenvalue weighted by Crippen LogP contribution is -2.07. The highest BCUT2D eigenvalue weighted by atomic mass is 32.2. The smallest absolute Gasteiger partial charge is 0.218 e. The summed E-state index contributed by atoms with van der Waals surface area (Å²) in [4.78, 5) is 17.1. The van der Waals surface area contributed by atoms with Crippen LogP contribution in [0.5, 0.6) is 0 Å². The fourth-order valence-corrected chi connectivity index (χ4v) is 4.02. The Morgan fingerprint density at radius 1 is 1.19 bits per heavy atom. The molecule has 26 heavy (non-hydrogen) atoms. The third-order valence-corrected chi connectivity index (χ3v) is 5.52. The van der Waals surface area contributed by atoms with E-state index in [-0.39, 0.29) is 0 Å². The first kappa shape index (κ1) is 18.4. The van der Waals surface area contributed by atoms with Crippen molar-refractivity contribution in [2.24, 2.45) is 0 Å². The van der Waals surface area contributed by atoms with E-state index >= 15 is 0 Å². The molecule has 0 bridgehead atoms. The Hall–Kier alpha value is -2.35. The fraction of sp³-hybridized carbons (Fsp3) is 0.444. The first-order valence-corrected chi connectivity index (χ1v) is 10.2. The van der Waals surface area contributed by atoms with Crippen molar-refractivity contribution in [1.82, 2.24) is 24.5 Å². The molecule has 8 heteroatoms. The number of nitrogens with zero attached hydrogens (tertiary/aromatic N) is 5. The number of nitrogen functional groups attached to an aromatic ring is 1. The Kier molecular flexibility index (Phi) is 5.92. The molecule has 3 rings (SSSR count). The molecule has 0 aliphatic heterocycles. The third kappa shape index (κ3) is 3.90. The van der Waals surface area contributed by atoms with E-state index < -0.39 is 10.8 Å². The maximum atomic E-state index is 12.2. The maximum Gasteiger partial charge on any atom is 0.218 e. The summed E-state index contributed by atoms with van der Waals surface area (Å²) >= 11 is 0. The lowest BCUT2D eigenvalue weighted by molar-refractivity contribution is 0.608. The average Bonchev–Trinajstić information content (AvgIpc) is 3.02. The molecule has 3 aromatic heterocycles. The second-order valence-electron chi connectivity index (χ2n) is 6.24. The molecule has 0 radical (unpaired) electrons. The van der Waals surface area contributed by atoms with Crippen LogP contribution in [0.3, 0.4) is 0 Å². The summed E-state index contributed by atoms with van der Waals surface area (Å²) < 4.78 is 14.5. The van der Waals surface area contributed by atoms with E-state index in [0.29, 0.717) is 16.7 Å². The zero-order valence-electron chi connectivity index (χ0n) is 15.2. The number of imidazole rings is 1. The number of fused-ring (bicyclic) bond motifs is 1. The van der Waals surface area contributed by atoms with Gasteiger partial charge in [-0.25, -0.2) is 19.9 Å². The molecule has 0 spiro atoms. The van der Waals surface area contributed by atoms with Crippen molar-refractivity contribution in [2.75, 3.05) is 11.5 Å². The van der Waals surface area contributed by atoms with Crippen LogP contribution in [0, 0.1) is 6.92 Å². The van der Waals surface area contributed by atoms with Gasteiger partial charge in [0.15, 0.2) is 5.82 Å². The van der Waals surface area contributed by atoms with E-state index in [4.69, 9.17) is 10.7 Å². The average molecular weight is 372 g/mol. The molecule has 2 N–H and O–H groups in total. The van der Waals surface area contributed by atoms with Crippen molar-refractivity contribution in [3.05, 3.63) is 36.0 Å². The van der Waals surface area contributed by atoms with Crippen LogP contribution in [0.4, 0.5) is 5.82 Å². The van der Waals surface area contributed by atoms with Gasteiger partial charge < -0.3 is 10.3 Å². The summed E-state index contributed by atoms with van der Waals surface area (Å²) in [7, 11) is -1.15. The molecule has 1 unspecified atom stereocenters. The van der Waals surface area contributed by atoms with Crippen LogP contribution in [0.2, 0.25) is 0 Å². The van der Waals surface area contributed by atoms with E-state index in [2.05, 4.69) is 26.4 Å². The molecule has 3 heterocycles. The van der Waals surface area contributed by atoms with Crippen LogP contribution >= 0.6 is 0 Å². The standard InChI is InChI=1S/C18H24N6OS/c1-3-7-14-23-15-16(13(2)12-22-17(15)19)24(14)10-4-5-11-26(25)18-20-8-6-9-21-18/h6,8-9,12H,3-5,7,10-11H2,1-2H3,(H2,19,22). The number of nitrogens with two attached hydrogens (primary N) is 1. The van der Waals surface area contributed by atoms with Gasteiger partial charge in [-0.3, -0.25) is 4.21 Å². The van der Waals surface area contributed by atoms with Gasteiger partial charge in [0.05, 0.1) is 16.3 Å². The Labute approximate surface area is 155 Å². The fourth-order valence-electron chi connectivity index (χ4n) is 3.02. The molecule has 0 aromatic carbocycles. The molecular weight excluding hydrogens is 348 g/mol. The summed E-state index contributed by atoms with van der Waals surface area (Å²) in [5.74, 6) is 2.07.